The lowest BCUT2D eigenvalue weighted by molar-refractivity contribution is -0.000899. The summed E-state index contributed by atoms with van der Waals surface area (Å²) in [6, 6.07) is 4.30. The molecule has 1 aliphatic heterocycles. The summed E-state index contributed by atoms with van der Waals surface area (Å²) in [5.74, 6) is -0.323. The van der Waals surface area contributed by atoms with Crippen molar-refractivity contribution in [1.29, 1.82) is 0 Å². The quantitative estimate of drug-likeness (QED) is 0.904. The average molecular weight is 258 g/mol. The van der Waals surface area contributed by atoms with Crippen LogP contribution in [0.15, 0.2) is 18.2 Å². The van der Waals surface area contributed by atoms with Gasteiger partial charge in [-0.2, -0.15) is 0 Å². The third-order valence-electron chi connectivity index (χ3n) is 3.49. The van der Waals surface area contributed by atoms with E-state index in [0.717, 1.165) is 25.0 Å². The van der Waals surface area contributed by atoms with E-state index in [-0.39, 0.29) is 17.5 Å². The third-order valence-corrected chi connectivity index (χ3v) is 3.84. The summed E-state index contributed by atoms with van der Waals surface area (Å²) < 4.78 is 18.6. The molecule has 2 atom stereocenters. The topological polar surface area (TPSA) is 35.2 Å². The van der Waals surface area contributed by atoms with E-state index in [1.54, 1.807) is 6.07 Å². The van der Waals surface area contributed by atoms with Gasteiger partial charge in [0, 0.05) is 17.7 Å². The Morgan fingerprint density at radius 2 is 2.35 bits per heavy atom. The second-order valence-corrected chi connectivity index (χ2v) is 5.22. The molecular weight excluding hydrogens is 241 g/mol. The Balaban J connectivity index is 2.10. The van der Waals surface area contributed by atoms with Crippen molar-refractivity contribution in [2.24, 2.45) is 5.73 Å². The normalized spacial score (nSPS) is 26.1. The zero-order valence-corrected chi connectivity index (χ0v) is 10.6. The highest BCUT2D eigenvalue weighted by atomic mass is 35.5. The summed E-state index contributed by atoms with van der Waals surface area (Å²) in [6.45, 7) is 2.80. The molecule has 2 nitrogen and oxygen atoms in total. The first-order chi connectivity index (χ1) is 8.01. The highest BCUT2D eigenvalue weighted by Gasteiger charge is 2.36. The maximum absolute atomic E-state index is 12.9. The number of benzene rings is 1. The van der Waals surface area contributed by atoms with Crippen LogP contribution in [0.5, 0.6) is 0 Å². The van der Waals surface area contributed by atoms with Crippen LogP contribution < -0.4 is 5.73 Å². The van der Waals surface area contributed by atoms with Crippen molar-refractivity contribution in [2.75, 3.05) is 6.61 Å². The molecule has 0 saturated carbocycles. The molecule has 4 heteroatoms. The number of hydrogen-bond donors (Lipinski definition) is 1. The van der Waals surface area contributed by atoms with E-state index >= 15 is 0 Å². The fraction of sp³-hybridized carbons (Fsp3) is 0.538. The Morgan fingerprint density at radius 3 is 2.94 bits per heavy atom. The molecular formula is C13H17ClFNO. The van der Waals surface area contributed by atoms with Crippen LogP contribution in [0.25, 0.3) is 0 Å². The molecule has 0 aliphatic carbocycles. The fourth-order valence-corrected chi connectivity index (χ4v) is 2.48. The minimum absolute atomic E-state index is 0.118. The number of nitrogens with two attached hydrogens (primary N) is 1. The molecule has 1 aromatic rings. The Hall–Kier alpha value is -0.640. The molecule has 0 bridgehead atoms. The van der Waals surface area contributed by atoms with Crippen molar-refractivity contribution in [3.63, 3.8) is 0 Å². The van der Waals surface area contributed by atoms with Gasteiger partial charge in [-0.05, 0) is 43.9 Å². The predicted molar refractivity (Wildman–Crippen MR) is 66.7 cm³/mol. The van der Waals surface area contributed by atoms with Crippen LogP contribution >= 0.6 is 11.6 Å². The maximum atomic E-state index is 12.9. The zero-order chi connectivity index (χ0) is 12.5. The molecule has 2 N–H and O–H groups in total. The summed E-state index contributed by atoms with van der Waals surface area (Å²) in [5.41, 5.74) is 6.77. The van der Waals surface area contributed by atoms with E-state index in [1.165, 1.54) is 12.1 Å². The lowest BCUT2D eigenvalue weighted by Gasteiger charge is -2.30. The Morgan fingerprint density at radius 1 is 1.59 bits per heavy atom. The van der Waals surface area contributed by atoms with Gasteiger partial charge in [0.2, 0.25) is 0 Å². The third kappa shape index (κ3) is 2.79. The molecule has 0 amide bonds. The molecule has 2 unspecified atom stereocenters. The number of hydrogen-bond acceptors (Lipinski definition) is 2. The fourth-order valence-electron chi connectivity index (χ4n) is 2.23. The van der Waals surface area contributed by atoms with Crippen LogP contribution in [0.3, 0.4) is 0 Å². The van der Waals surface area contributed by atoms with E-state index in [4.69, 9.17) is 22.1 Å². The van der Waals surface area contributed by atoms with Gasteiger partial charge in [-0.1, -0.05) is 17.7 Å². The molecule has 0 aromatic heterocycles. The van der Waals surface area contributed by atoms with Crippen LogP contribution in [0.1, 0.15) is 25.3 Å². The molecule has 0 spiro atoms. The van der Waals surface area contributed by atoms with Gasteiger partial charge in [0.25, 0.3) is 0 Å². The van der Waals surface area contributed by atoms with Crippen LogP contribution in [-0.2, 0) is 11.2 Å². The van der Waals surface area contributed by atoms with Crippen molar-refractivity contribution >= 4 is 11.6 Å². The number of halogens is 2. The average Bonchev–Trinajstić information content (AvgIpc) is 2.71. The van der Waals surface area contributed by atoms with Crippen LogP contribution in [-0.4, -0.2) is 18.2 Å². The van der Waals surface area contributed by atoms with Crippen molar-refractivity contribution in [1.82, 2.24) is 0 Å². The summed E-state index contributed by atoms with van der Waals surface area (Å²) in [4.78, 5) is 0. The first-order valence-corrected chi connectivity index (χ1v) is 6.22. The van der Waals surface area contributed by atoms with Gasteiger partial charge in [0.1, 0.15) is 5.82 Å². The molecule has 0 radical (unpaired) electrons. The van der Waals surface area contributed by atoms with Crippen molar-refractivity contribution < 1.29 is 9.13 Å². The SMILES string of the molecule is CC1(C(N)Cc2ccc(F)cc2Cl)CCCO1. The lowest BCUT2D eigenvalue weighted by atomic mass is 9.89. The standard InChI is InChI=1S/C13H17ClFNO/c1-13(5-2-6-17-13)12(16)7-9-3-4-10(15)8-11(9)14/h3-4,8,12H,2,5-7,16H2,1H3. The summed E-state index contributed by atoms with van der Waals surface area (Å²) >= 11 is 5.99. The van der Waals surface area contributed by atoms with E-state index in [1.807, 2.05) is 6.92 Å². The van der Waals surface area contributed by atoms with Gasteiger partial charge in [0.15, 0.2) is 0 Å². The number of ether oxygens (including phenoxy) is 1. The van der Waals surface area contributed by atoms with Crippen LogP contribution in [0.4, 0.5) is 4.39 Å². The van der Waals surface area contributed by atoms with Crippen molar-refractivity contribution in [3.8, 4) is 0 Å². The lowest BCUT2D eigenvalue weighted by Crippen LogP contribution is -2.46. The molecule has 1 saturated heterocycles. The van der Waals surface area contributed by atoms with E-state index in [2.05, 4.69) is 0 Å². The van der Waals surface area contributed by atoms with Gasteiger partial charge in [-0.15, -0.1) is 0 Å². The van der Waals surface area contributed by atoms with Crippen LogP contribution in [0, 0.1) is 5.82 Å². The zero-order valence-electron chi connectivity index (χ0n) is 9.88. The first-order valence-electron chi connectivity index (χ1n) is 5.85. The van der Waals surface area contributed by atoms with Crippen molar-refractivity contribution in [2.45, 2.75) is 37.8 Å². The molecule has 1 aromatic carbocycles. The maximum Gasteiger partial charge on any atom is 0.124 e. The van der Waals surface area contributed by atoms with Gasteiger partial charge < -0.3 is 10.5 Å². The molecule has 94 valence electrons. The van der Waals surface area contributed by atoms with Gasteiger partial charge in [-0.3, -0.25) is 0 Å². The Kier molecular flexibility index (Phi) is 3.71. The molecule has 1 fully saturated rings. The molecule has 1 aliphatic rings. The number of rotatable bonds is 3. The van der Waals surface area contributed by atoms with Gasteiger partial charge >= 0.3 is 0 Å². The minimum Gasteiger partial charge on any atom is -0.374 e. The first kappa shape index (κ1) is 12.8. The van der Waals surface area contributed by atoms with E-state index in [9.17, 15) is 4.39 Å². The highest BCUT2D eigenvalue weighted by molar-refractivity contribution is 6.31. The molecule has 1 heterocycles. The summed E-state index contributed by atoms with van der Waals surface area (Å²) in [7, 11) is 0. The van der Waals surface area contributed by atoms with E-state index in [0.29, 0.717) is 11.4 Å². The smallest absolute Gasteiger partial charge is 0.124 e. The van der Waals surface area contributed by atoms with E-state index < -0.39 is 0 Å². The molecule has 2 rings (SSSR count). The van der Waals surface area contributed by atoms with Crippen molar-refractivity contribution in [3.05, 3.63) is 34.6 Å². The minimum atomic E-state index is -0.323. The van der Waals surface area contributed by atoms with Gasteiger partial charge in [0.05, 0.1) is 5.60 Å². The molecule has 17 heavy (non-hydrogen) atoms. The summed E-state index contributed by atoms with van der Waals surface area (Å²) in [6.07, 6.45) is 2.62. The Bertz CT molecular complexity index is 404. The van der Waals surface area contributed by atoms with Gasteiger partial charge in [-0.25, -0.2) is 4.39 Å². The Labute approximate surface area is 106 Å². The van der Waals surface area contributed by atoms with Crippen LogP contribution in [0.2, 0.25) is 5.02 Å². The predicted octanol–water partition coefficient (Wildman–Crippen LogP) is 2.92. The second kappa shape index (κ2) is 4.92. The summed E-state index contributed by atoms with van der Waals surface area (Å²) in [5, 5.41) is 0.432. The monoisotopic (exact) mass is 257 g/mol. The highest BCUT2D eigenvalue weighted by Crippen LogP contribution is 2.30. The largest absolute Gasteiger partial charge is 0.374 e. The second-order valence-electron chi connectivity index (χ2n) is 4.81.